The summed E-state index contributed by atoms with van der Waals surface area (Å²) < 4.78 is 38.9. The summed E-state index contributed by atoms with van der Waals surface area (Å²) in [5.74, 6) is 0.742. The summed E-state index contributed by atoms with van der Waals surface area (Å²) in [7, 11) is 5.58. The highest BCUT2D eigenvalue weighted by molar-refractivity contribution is 5.60. The lowest BCUT2D eigenvalue weighted by Gasteiger charge is -2.13. The summed E-state index contributed by atoms with van der Waals surface area (Å²) in [5, 5.41) is 2.92. The fourth-order valence-electron chi connectivity index (χ4n) is 4.21. The average Bonchev–Trinajstić information content (AvgIpc) is 3.06. The van der Waals surface area contributed by atoms with Crippen LogP contribution in [0.5, 0.6) is 0 Å². The summed E-state index contributed by atoms with van der Waals surface area (Å²) in [6.07, 6.45) is 12.8. The van der Waals surface area contributed by atoms with Gasteiger partial charge in [-0.2, -0.15) is 0 Å². The molecule has 0 aromatic carbocycles. The fraction of sp³-hybridized carbons (Fsp3) is 0.182. The van der Waals surface area contributed by atoms with Gasteiger partial charge >= 0.3 is 0 Å². The Balaban J connectivity index is 0.000000163. The molecule has 6 aromatic heterocycles. The lowest BCUT2D eigenvalue weighted by atomic mass is 10.2. The highest BCUT2D eigenvalue weighted by atomic mass is 19.1. The van der Waals surface area contributed by atoms with E-state index in [0.29, 0.717) is 51.1 Å². The molecule has 0 spiro atoms. The zero-order valence-electron chi connectivity index (χ0n) is 27.1. The number of halogens is 3. The van der Waals surface area contributed by atoms with Gasteiger partial charge in [0.15, 0.2) is 0 Å². The van der Waals surface area contributed by atoms with E-state index in [-0.39, 0.29) is 11.6 Å². The molecule has 0 aliphatic carbocycles. The summed E-state index contributed by atoms with van der Waals surface area (Å²) in [6, 6.07) is 4.13. The zero-order chi connectivity index (χ0) is 34.8. The number of aromatic nitrogens is 9. The molecule has 0 fully saturated rings. The average molecular weight is 655 g/mol. The third-order valence-electron chi connectivity index (χ3n) is 6.51. The smallest absolute Gasteiger partial charge is 0.149 e. The summed E-state index contributed by atoms with van der Waals surface area (Å²) >= 11 is 0. The Labute approximate surface area is 275 Å². The molecule has 6 aromatic rings. The van der Waals surface area contributed by atoms with Crippen molar-refractivity contribution in [3.05, 3.63) is 109 Å². The lowest BCUT2D eigenvalue weighted by Crippen LogP contribution is -2.13. The van der Waals surface area contributed by atoms with Crippen molar-refractivity contribution in [1.82, 2.24) is 44.9 Å². The number of nitrogens with zero attached hydrogens (tertiary/aromatic N) is 10. The molecule has 48 heavy (non-hydrogen) atoms. The quantitative estimate of drug-likeness (QED) is 0.236. The molecule has 0 amide bonds. The van der Waals surface area contributed by atoms with E-state index in [4.69, 9.17) is 5.73 Å². The van der Waals surface area contributed by atoms with Crippen LogP contribution in [0.4, 0.5) is 30.6 Å². The third-order valence-corrected chi connectivity index (χ3v) is 6.51. The Morgan fingerprint density at radius 2 is 0.979 bits per heavy atom. The molecule has 12 nitrogen and oxygen atoms in total. The Morgan fingerprint density at radius 1 is 0.562 bits per heavy atom. The molecule has 246 valence electrons. The maximum absolute atomic E-state index is 13.0. The van der Waals surface area contributed by atoms with E-state index in [1.165, 1.54) is 30.6 Å². The van der Waals surface area contributed by atoms with Crippen molar-refractivity contribution in [2.24, 2.45) is 0 Å². The minimum atomic E-state index is -0.399. The van der Waals surface area contributed by atoms with E-state index >= 15 is 0 Å². The van der Waals surface area contributed by atoms with Crippen LogP contribution in [0.3, 0.4) is 0 Å². The van der Waals surface area contributed by atoms with Crippen molar-refractivity contribution >= 4 is 17.5 Å². The second kappa shape index (κ2) is 15.9. The second-order valence-electron chi connectivity index (χ2n) is 10.4. The van der Waals surface area contributed by atoms with Gasteiger partial charge in [-0.3, -0.25) is 15.0 Å². The standard InChI is InChI=1S/C12H13FN4.C11H11FN4.C10H9FN4/c1-8-12(17(2)3)15-7-11(16-8)9-4-10(13)6-14-5-9;1-7-11(13-2)15-6-10(16-7)8-3-9(12)5-14-4-8;1-6-10(12)14-5-9(15-6)7-2-8(11)4-13-3-7/h4-7H,1-3H3;3-6H,1-2H3,(H,13,15);2-5H,1H3,(H2,12,14). The first-order chi connectivity index (χ1) is 22.9. The minimum absolute atomic E-state index is 0.376. The maximum Gasteiger partial charge on any atom is 0.149 e. The molecule has 6 heterocycles. The van der Waals surface area contributed by atoms with E-state index in [9.17, 15) is 13.2 Å². The van der Waals surface area contributed by atoms with Gasteiger partial charge in [0.05, 0.1) is 71.3 Å². The first-order valence-electron chi connectivity index (χ1n) is 14.4. The Hall–Kier alpha value is -6.12. The van der Waals surface area contributed by atoms with Crippen LogP contribution in [-0.4, -0.2) is 66.0 Å². The molecular weight excluding hydrogens is 621 g/mol. The second-order valence-corrected chi connectivity index (χ2v) is 10.4. The van der Waals surface area contributed by atoms with Gasteiger partial charge in [-0.15, -0.1) is 0 Å². The van der Waals surface area contributed by atoms with Crippen molar-refractivity contribution in [3.8, 4) is 33.8 Å². The molecule has 0 saturated heterocycles. The Morgan fingerprint density at radius 3 is 1.35 bits per heavy atom. The van der Waals surface area contributed by atoms with Crippen molar-refractivity contribution in [1.29, 1.82) is 0 Å². The third kappa shape index (κ3) is 9.22. The van der Waals surface area contributed by atoms with Gasteiger partial charge in [0.1, 0.15) is 34.9 Å². The van der Waals surface area contributed by atoms with Crippen LogP contribution in [0.2, 0.25) is 0 Å². The Bertz CT molecular complexity index is 2010. The molecule has 0 bridgehead atoms. The van der Waals surface area contributed by atoms with E-state index < -0.39 is 5.82 Å². The van der Waals surface area contributed by atoms with Crippen LogP contribution < -0.4 is 16.0 Å². The largest absolute Gasteiger partial charge is 0.382 e. The Kier molecular flexibility index (Phi) is 11.5. The summed E-state index contributed by atoms with van der Waals surface area (Å²) in [5.41, 5.74) is 11.4. The highest BCUT2D eigenvalue weighted by Crippen LogP contribution is 2.21. The van der Waals surface area contributed by atoms with Gasteiger partial charge < -0.3 is 16.0 Å². The number of pyridine rings is 3. The normalized spacial score (nSPS) is 10.3. The van der Waals surface area contributed by atoms with Gasteiger partial charge in [-0.25, -0.2) is 43.1 Å². The van der Waals surface area contributed by atoms with Crippen LogP contribution in [0.25, 0.3) is 33.8 Å². The monoisotopic (exact) mass is 654 g/mol. The van der Waals surface area contributed by atoms with Crippen LogP contribution in [-0.2, 0) is 0 Å². The first-order valence-corrected chi connectivity index (χ1v) is 14.4. The van der Waals surface area contributed by atoms with E-state index in [1.54, 1.807) is 38.8 Å². The van der Waals surface area contributed by atoms with Crippen molar-refractivity contribution in [2.75, 3.05) is 37.1 Å². The predicted octanol–water partition coefficient (Wildman–Crippen LogP) is 5.65. The fourth-order valence-corrected chi connectivity index (χ4v) is 4.21. The molecule has 15 heteroatoms. The number of rotatable bonds is 5. The molecular formula is C33H33F3N12. The summed E-state index contributed by atoms with van der Waals surface area (Å²) in [6.45, 7) is 5.46. The van der Waals surface area contributed by atoms with Crippen molar-refractivity contribution in [3.63, 3.8) is 0 Å². The topological polar surface area (TPSA) is 157 Å². The van der Waals surface area contributed by atoms with Gasteiger partial charge in [0, 0.05) is 56.4 Å². The zero-order valence-corrected chi connectivity index (χ0v) is 27.1. The summed E-state index contributed by atoms with van der Waals surface area (Å²) in [4.78, 5) is 38.5. The molecule has 0 saturated carbocycles. The van der Waals surface area contributed by atoms with Gasteiger partial charge in [0.25, 0.3) is 0 Å². The van der Waals surface area contributed by atoms with Gasteiger partial charge in [-0.05, 0) is 39.0 Å². The van der Waals surface area contributed by atoms with Gasteiger partial charge in [-0.1, -0.05) is 0 Å². The number of nitrogens with two attached hydrogens (primary N) is 1. The van der Waals surface area contributed by atoms with E-state index in [0.717, 1.165) is 35.8 Å². The lowest BCUT2D eigenvalue weighted by molar-refractivity contribution is 0.621. The predicted molar refractivity (Wildman–Crippen MR) is 178 cm³/mol. The number of nitrogens with one attached hydrogen (secondary N) is 1. The molecule has 6 rings (SSSR count). The minimum Gasteiger partial charge on any atom is -0.382 e. The number of hydrogen-bond acceptors (Lipinski definition) is 12. The van der Waals surface area contributed by atoms with E-state index in [1.807, 2.05) is 32.8 Å². The van der Waals surface area contributed by atoms with Crippen molar-refractivity contribution in [2.45, 2.75) is 20.8 Å². The molecule has 3 N–H and O–H groups in total. The number of aryl methyl sites for hydroxylation is 3. The SMILES string of the molecule is CNc1ncc(-c2cncc(F)c2)nc1C.Cc1nc(-c2cncc(F)c2)cnc1N.Cc1nc(-c2cncc(F)c2)cnc1N(C)C. The highest BCUT2D eigenvalue weighted by Gasteiger charge is 2.09. The molecule has 0 radical (unpaired) electrons. The van der Waals surface area contributed by atoms with Gasteiger partial charge in [0.2, 0.25) is 0 Å². The maximum atomic E-state index is 13.0. The van der Waals surface area contributed by atoms with Crippen LogP contribution >= 0.6 is 0 Å². The first kappa shape index (κ1) is 34.7. The van der Waals surface area contributed by atoms with E-state index in [2.05, 4.69) is 50.2 Å². The molecule has 0 unspecified atom stereocenters. The van der Waals surface area contributed by atoms with Crippen molar-refractivity contribution < 1.29 is 13.2 Å². The van der Waals surface area contributed by atoms with Crippen LogP contribution in [0, 0.1) is 38.2 Å². The molecule has 0 aliphatic rings. The van der Waals surface area contributed by atoms with Crippen LogP contribution in [0.1, 0.15) is 17.1 Å². The number of hydrogen-bond donors (Lipinski definition) is 2. The van der Waals surface area contributed by atoms with Crippen LogP contribution in [0.15, 0.2) is 74.0 Å². The molecule has 0 atom stereocenters. The molecule has 0 aliphatic heterocycles. The number of anilines is 3. The number of nitrogen functional groups attached to an aromatic ring is 1.